The summed E-state index contributed by atoms with van der Waals surface area (Å²) in [7, 11) is 0. The standard InChI is InChI=1S/C17H23N3O2/c1-13-3-2-10-20(12-13)16(22)17(6-7-17)15(21)19-11-14-4-8-18-9-5-14/h4-5,8-9,13H,2-3,6-7,10-12H2,1H3,(H,19,21). The molecule has 118 valence electrons. The third-order valence-electron chi connectivity index (χ3n) is 4.74. The third kappa shape index (κ3) is 2.98. The fourth-order valence-corrected chi connectivity index (χ4v) is 3.19. The van der Waals surface area contributed by atoms with Crippen molar-refractivity contribution in [3.63, 3.8) is 0 Å². The van der Waals surface area contributed by atoms with Gasteiger partial charge in [0.15, 0.2) is 0 Å². The van der Waals surface area contributed by atoms with E-state index in [0.717, 1.165) is 25.1 Å². The minimum atomic E-state index is -0.788. The van der Waals surface area contributed by atoms with Crippen LogP contribution in [0.4, 0.5) is 0 Å². The zero-order chi connectivity index (χ0) is 15.6. The van der Waals surface area contributed by atoms with Crippen LogP contribution in [0.2, 0.25) is 0 Å². The van der Waals surface area contributed by atoms with E-state index in [4.69, 9.17) is 0 Å². The Bertz CT molecular complexity index is 554. The van der Waals surface area contributed by atoms with Crippen molar-refractivity contribution in [2.45, 2.75) is 39.2 Å². The fraction of sp³-hybridized carbons (Fsp3) is 0.588. The highest BCUT2D eigenvalue weighted by atomic mass is 16.2. The Labute approximate surface area is 131 Å². The number of hydrogen-bond acceptors (Lipinski definition) is 3. The molecule has 2 fully saturated rings. The van der Waals surface area contributed by atoms with E-state index in [1.165, 1.54) is 6.42 Å². The lowest BCUT2D eigenvalue weighted by Gasteiger charge is -2.33. The first-order chi connectivity index (χ1) is 10.6. The van der Waals surface area contributed by atoms with Gasteiger partial charge in [0.25, 0.3) is 0 Å². The van der Waals surface area contributed by atoms with Gasteiger partial charge < -0.3 is 10.2 Å². The minimum absolute atomic E-state index is 0.0336. The predicted octanol–water partition coefficient (Wildman–Crippen LogP) is 1.74. The molecule has 1 aliphatic heterocycles. The topological polar surface area (TPSA) is 62.3 Å². The Morgan fingerprint density at radius 1 is 1.36 bits per heavy atom. The number of piperidine rings is 1. The number of likely N-dealkylation sites (tertiary alicyclic amines) is 1. The number of carbonyl (C=O) groups is 2. The molecule has 0 radical (unpaired) electrons. The molecule has 0 spiro atoms. The number of amides is 2. The molecule has 1 aromatic rings. The van der Waals surface area contributed by atoms with Gasteiger partial charge in [0.1, 0.15) is 5.41 Å². The van der Waals surface area contributed by atoms with Gasteiger partial charge in [-0.3, -0.25) is 14.6 Å². The summed E-state index contributed by atoms with van der Waals surface area (Å²) in [5.74, 6) is 0.451. The van der Waals surface area contributed by atoms with E-state index >= 15 is 0 Å². The largest absolute Gasteiger partial charge is 0.351 e. The highest BCUT2D eigenvalue weighted by Crippen LogP contribution is 2.48. The lowest BCUT2D eigenvalue weighted by molar-refractivity contribution is -0.145. The van der Waals surface area contributed by atoms with E-state index in [1.807, 2.05) is 17.0 Å². The molecular formula is C17H23N3O2. The zero-order valence-electron chi connectivity index (χ0n) is 13.0. The van der Waals surface area contributed by atoms with E-state index in [0.29, 0.717) is 25.3 Å². The molecule has 1 aromatic heterocycles. The van der Waals surface area contributed by atoms with Crippen LogP contribution in [0.1, 0.15) is 38.2 Å². The molecule has 2 aliphatic rings. The molecule has 1 aliphatic carbocycles. The summed E-state index contributed by atoms with van der Waals surface area (Å²) >= 11 is 0. The molecule has 1 atom stereocenters. The second-order valence-electron chi connectivity index (χ2n) is 6.62. The van der Waals surface area contributed by atoms with Crippen molar-refractivity contribution in [1.82, 2.24) is 15.2 Å². The van der Waals surface area contributed by atoms with Crippen molar-refractivity contribution in [2.75, 3.05) is 13.1 Å². The predicted molar refractivity (Wildman–Crippen MR) is 82.7 cm³/mol. The maximum absolute atomic E-state index is 12.7. The first-order valence-corrected chi connectivity index (χ1v) is 8.08. The van der Waals surface area contributed by atoms with Crippen molar-refractivity contribution in [3.8, 4) is 0 Å². The van der Waals surface area contributed by atoms with Crippen LogP contribution >= 0.6 is 0 Å². The second kappa shape index (κ2) is 6.07. The van der Waals surface area contributed by atoms with Crippen molar-refractivity contribution in [2.24, 2.45) is 11.3 Å². The summed E-state index contributed by atoms with van der Waals surface area (Å²) in [6.07, 6.45) is 6.98. The van der Waals surface area contributed by atoms with Gasteiger partial charge in [0, 0.05) is 32.0 Å². The Kier molecular flexibility index (Phi) is 4.14. The van der Waals surface area contributed by atoms with Gasteiger partial charge in [-0.25, -0.2) is 0 Å². The SMILES string of the molecule is CC1CCCN(C(=O)C2(C(=O)NCc3ccncc3)CC2)C1. The van der Waals surface area contributed by atoms with Crippen molar-refractivity contribution < 1.29 is 9.59 Å². The van der Waals surface area contributed by atoms with Crippen LogP contribution in [0.25, 0.3) is 0 Å². The molecule has 5 heteroatoms. The summed E-state index contributed by atoms with van der Waals surface area (Å²) in [5.41, 5.74) is 0.211. The summed E-state index contributed by atoms with van der Waals surface area (Å²) < 4.78 is 0. The molecule has 1 unspecified atom stereocenters. The zero-order valence-corrected chi connectivity index (χ0v) is 13.0. The molecule has 0 aromatic carbocycles. The molecule has 22 heavy (non-hydrogen) atoms. The van der Waals surface area contributed by atoms with Gasteiger partial charge >= 0.3 is 0 Å². The average Bonchev–Trinajstić information content (AvgIpc) is 3.35. The minimum Gasteiger partial charge on any atom is -0.351 e. The number of rotatable bonds is 4. The summed E-state index contributed by atoms with van der Waals surface area (Å²) in [4.78, 5) is 31.1. The van der Waals surface area contributed by atoms with Crippen LogP contribution in [-0.2, 0) is 16.1 Å². The number of hydrogen-bond donors (Lipinski definition) is 1. The number of nitrogens with one attached hydrogen (secondary N) is 1. The van der Waals surface area contributed by atoms with E-state index < -0.39 is 5.41 Å². The third-order valence-corrected chi connectivity index (χ3v) is 4.74. The summed E-state index contributed by atoms with van der Waals surface area (Å²) in [6, 6.07) is 3.74. The summed E-state index contributed by atoms with van der Waals surface area (Å²) in [5, 5.41) is 2.92. The van der Waals surface area contributed by atoms with Crippen LogP contribution in [-0.4, -0.2) is 34.8 Å². The molecule has 1 saturated heterocycles. The normalized spacial score (nSPS) is 23.0. The van der Waals surface area contributed by atoms with E-state index in [2.05, 4.69) is 17.2 Å². The van der Waals surface area contributed by atoms with Gasteiger partial charge in [0.2, 0.25) is 11.8 Å². The van der Waals surface area contributed by atoms with Crippen LogP contribution < -0.4 is 5.32 Å². The van der Waals surface area contributed by atoms with Gasteiger partial charge in [-0.15, -0.1) is 0 Å². The second-order valence-corrected chi connectivity index (χ2v) is 6.62. The molecule has 1 saturated carbocycles. The van der Waals surface area contributed by atoms with E-state index in [-0.39, 0.29) is 11.8 Å². The molecule has 5 nitrogen and oxygen atoms in total. The molecule has 2 heterocycles. The highest BCUT2D eigenvalue weighted by Gasteiger charge is 2.58. The maximum atomic E-state index is 12.7. The molecule has 2 amide bonds. The molecule has 1 N–H and O–H groups in total. The Morgan fingerprint density at radius 2 is 2.09 bits per heavy atom. The van der Waals surface area contributed by atoms with Gasteiger partial charge in [-0.05, 0) is 49.3 Å². The van der Waals surface area contributed by atoms with Gasteiger partial charge in [-0.2, -0.15) is 0 Å². The maximum Gasteiger partial charge on any atom is 0.238 e. The molecule has 3 rings (SSSR count). The van der Waals surface area contributed by atoms with E-state index in [9.17, 15) is 9.59 Å². The highest BCUT2D eigenvalue weighted by molar-refractivity contribution is 6.07. The first-order valence-electron chi connectivity index (χ1n) is 8.08. The first kappa shape index (κ1) is 15.0. The quantitative estimate of drug-likeness (QED) is 0.862. The van der Waals surface area contributed by atoms with Crippen molar-refractivity contribution in [3.05, 3.63) is 30.1 Å². The number of pyridine rings is 1. The number of aromatic nitrogens is 1. The summed E-state index contributed by atoms with van der Waals surface area (Å²) in [6.45, 7) is 4.20. The van der Waals surface area contributed by atoms with E-state index in [1.54, 1.807) is 12.4 Å². The molecule has 0 bridgehead atoms. The molecular weight excluding hydrogens is 278 g/mol. The Balaban J connectivity index is 1.60. The average molecular weight is 301 g/mol. The smallest absolute Gasteiger partial charge is 0.238 e. The number of nitrogens with zero attached hydrogens (tertiary/aromatic N) is 2. The van der Waals surface area contributed by atoms with Crippen LogP contribution in [0.5, 0.6) is 0 Å². The lowest BCUT2D eigenvalue weighted by atomic mass is 9.96. The lowest BCUT2D eigenvalue weighted by Crippen LogP contribution is -2.48. The van der Waals surface area contributed by atoms with Crippen molar-refractivity contribution in [1.29, 1.82) is 0 Å². The van der Waals surface area contributed by atoms with Crippen LogP contribution in [0, 0.1) is 11.3 Å². The Hall–Kier alpha value is -1.91. The van der Waals surface area contributed by atoms with Crippen molar-refractivity contribution >= 4 is 11.8 Å². The van der Waals surface area contributed by atoms with Crippen LogP contribution in [0.3, 0.4) is 0 Å². The van der Waals surface area contributed by atoms with Gasteiger partial charge in [0.05, 0.1) is 0 Å². The van der Waals surface area contributed by atoms with Gasteiger partial charge in [-0.1, -0.05) is 6.92 Å². The monoisotopic (exact) mass is 301 g/mol. The Morgan fingerprint density at radius 3 is 2.73 bits per heavy atom. The van der Waals surface area contributed by atoms with Crippen LogP contribution in [0.15, 0.2) is 24.5 Å². The number of carbonyl (C=O) groups excluding carboxylic acids is 2. The fourth-order valence-electron chi connectivity index (χ4n) is 3.19.